The van der Waals surface area contributed by atoms with Gasteiger partial charge in [0.25, 0.3) is 0 Å². The molecule has 0 bridgehead atoms. The Morgan fingerprint density at radius 1 is 0.960 bits per heavy atom. The summed E-state index contributed by atoms with van der Waals surface area (Å²) in [5, 5.41) is 0. The Labute approximate surface area is 155 Å². The lowest BCUT2D eigenvalue weighted by Gasteiger charge is -2.23. The molecule has 142 valence electrons. The van der Waals surface area contributed by atoms with E-state index in [0.29, 0.717) is 17.4 Å². The second-order valence-electron chi connectivity index (χ2n) is 7.60. The van der Waals surface area contributed by atoms with Crippen LogP contribution in [0.15, 0.2) is 29.2 Å². The molecule has 0 aromatic heterocycles. The Balaban J connectivity index is 3.35. The molecule has 0 atom stereocenters. The van der Waals surface area contributed by atoms with Gasteiger partial charge in [-0.1, -0.05) is 65.8 Å². The van der Waals surface area contributed by atoms with Crippen molar-refractivity contribution < 1.29 is 8.42 Å². The zero-order valence-corrected chi connectivity index (χ0v) is 17.7. The standard InChI is InChI=1S/C21H35NO2S/c1-8-9-10-11-12-22-25(23,24)21-19(16(4)5)13-18(15(2)3)14-20(21)17(6)7/h8-9,13-17,22H,10-12H2,1-7H3/b9-8+. The summed E-state index contributed by atoms with van der Waals surface area (Å²) in [7, 11) is -3.52. The van der Waals surface area contributed by atoms with Gasteiger partial charge in [0.15, 0.2) is 0 Å². The first-order valence-electron chi connectivity index (χ1n) is 9.40. The summed E-state index contributed by atoms with van der Waals surface area (Å²) in [5.74, 6) is 0.692. The second kappa shape index (κ2) is 9.54. The lowest BCUT2D eigenvalue weighted by Crippen LogP contribution is -2.27. The van der Waals surface area contributed by atoms with Crippen LogP contribution >= 0.6 is 0 Å². The maximum Gasteiger partial charge on any atom is 0.241 e. The van der Waals surface area contributed by atoms with Crippen molar-refractivity contribution in [2.24, 2.45) is 0 Å². The van der Waals surface area contributed by atoms with Crippen LogP contribution in [0.4, 0.5) is 0 Å². The van der Waals surface area contributed by atoms with Gasteiger partial charge in [-0.05, 0) is 54.2 Å². The third kappa shape index (κ3) is 5.96. The van der Waals surface area contributed by atoms with Crippen LogP contribution in [0.2, 0.25) is 0 Å². The van der Waals surface area contributed by atoms with E-state index >= 15 is 0 Å². The minimum Gasteiger partial charge on any atom is -0.211 e. The van der Waals surface area contributed by atoms with Gasteiger partial charge in [0.1, 0.15) is 0 Å². The molecule has 1 N–H and O–H groups in total. The number of nitrogens with one attached hydrogen (secondary N) is 1. The van der Waals surface area contributed by atoms with Gasteiger partial charge >= 0.3 is 0 Å². The van der Waals surface area contributed by atoms with Gasteiger partial charge in [-0.15, -0.1) is 0 Å². The summed E-state index contributed by atoms with van der Waals surface area (Å²) in [6.07, 6.45) is 5.75. The van der Waals surface area contributed by atoms with E-state index in [9.17, 15) is 8.42 Å². The molecule has 25 heavy (non-hydrogen) atoms. The number of sulfonamides is 1. The third-order valence-corrected chi connectivity index (χ3v) is 6.02. The zero-order chi connectivity index (χ0) is 19.2. The van der Waals surface area contributed by atoms with E-state index in [2.05, 4.69) is 64.5 Å². The van der Waals surface area contributed by atoms with Crippen molar-refractivity contribution in [1.29, 1.82) is 0 Å². The van der Waals surface area contributed by atoms with Gasteiger partial charge in [-0.25, -0.2) is 13.1 Å². The molecule has 0 radical (unpaired) electrons. The van der Waals surface area contributed by atoms with E-state index in [4.69, 9.17) is 0 Å². The van der Waals surface area contributed by atoms with Gasteiger partial charge in [0.05, 0.1) is 4.90 Å². The van der Waals surface area contributed by atoms with Crippen molar-refractivity contribution in [2.45, 2.75) is 84.0 Å². The summed E-state index contributed by atoms with van der Waals surface area (Å²) in [6, 6.07) is 4.16. The van der Waals surface area contributed by atoms with E-state index in [0.717, 1.165) is 24.0 Å². The molecule has 0 spiro atoms. The third-order valence-electron chi connectivity index (χ3n) is 4.42. The molecule has 0 aliphatic rings. The van der Waals surface area contributed by atoms with E-state index in [-0.39, 0.29) is 11.8 Å². The average Bonchev–Trinajstić information content (AvgIpc) is 2.53. The number of benzene rings is 1. The van der Waals surface area contributed by atoms with Crippen LogP contribution in [-0.2, 0) is 10.0 Å². The molecule has 4 heteroatoms. The van der Waals surface area contributed by atoms with Gasteiger partial charge < -0.3 is 0 Å². The smallest absolute Gasteiger partial charge is 0.211 e. The number of hydrogen-bond donors (Lipinski definition) is 1. The van der Waals surface area contributed by atoms with Crippen molar-refractivity contribution in [2.75, 3.05) is 6.54 Å². The van der Waals surface area contributed by atoms with Gasteiger partial charge in [0.2, 0.25) is 10.0 Å². The van der Waals surface area contributed by atoms with Crippen LogP contribution in [-0.4, -0.2) is 15.0 Å². The maximum atomic E-state index is 13.1. The van der Waals surface area contributed by atoms with Crippen LogP contribution in [0.1, 0.15) is 95.8 Å². The molecular formula is C21H35NO2S. The summed E-state index contributed by atoms with van der Waals surface area (Å²) in [5.41, 5.74) is 3.06. The molecule has 3 nitrogen and oxygen atoms in total. The molecule has 1 rings (SSSR count). The fourth-order valence-electron chi connectivity index (χ4n) is 2.87. The minimum absolute atomic E-state index is 0.158. The maximum absolute atomic E-state index is 13.1. The molecule has 0 amide bonds. The Bertz CT molecular complexity index is 657. The van der Waals surface area contributed by atoms with Crippen molar-refractivity contribution in [3.63, 3.8) is 0 Å². The Morgan fingerprint density at radius 2 is 1.48 bits per heavy atom. The SMILES string of the molecule is C/C=C/CCCNS(=O)(=O)c1c(C(C)C)cc(C(C)C)cc1C(C)C. The molecule has 0 saturated carbocycles. The lowest BCUT2D eigenvalue weighted by atomic mass is 9.89. The van der Waals surface area contributed by atoms with Gasteiger partial charge in [-0.3, -0.25) is 0 Å². The Hall–Kier alpha value is -1.13. The van der Waals surface area contributed by atoms with Gasteiger partial charge in [-0.2, -0.15) is 0 Å². The largest absolute Gasteiger partial charge is 0.241 e. The first kappa shape index (κ1) is 21.9. The van der Waals surface area contributed by atoms with Crippen molar-refractivity contribution >= 4 is 10.0 Å². The topological polar surface area (TPSA) is 46.2 Å². The molecule has 0 fully saturated rings. The highest BCUT2D eigenvalue weighted by Gasteiger charge is 2.26. The summed E-state index contributed by atoms with van der Waals surface area (Å²) in [6.45, 7) is 15.0. The Morgan fingerprint density at radius 3 is 1.88 bits per heavy atom. The van der Waals surface area contributed by atoms with Crippen molar-refractivity contribution in [3.05, 3.63) is 41.0 Å². The molecule has 1 aromatic carbocycles. The average molecular weight is 366 g/mol. The molecular weight excluding hydrogens is 330 g/mol. The zero-order valence-electron chi connectivity index (χ0n) is 16.9. The minimum atomic E-state index is -3.52. The Kier molecular flexibility index (Phi) is 8.36. The quantitative estimate of drug-likeness (QED) is 0.451. The molecule has 0 heterocycles. The predicted octanol–water partition coefficient (Wildman–Crippen LogP) is 5.69. The first-order valence-corrected chi connectivity index (χ1v) is 10.9. The highest BCUT2D eigenvalue weighted by atomic mass is 32.2. The monoisotopic (exact) mass is 365 g/mol. The number of allylic oxidation sites excluding steroid dienone is 2. The molecule has 0 aliphatic carbocycles. The lowest BCUT2D eigenvalue weighted by molar-refractivity contribution is 0.574. The fourth-order valence-corrected chi connectivity index (χ4v) is 4.63. The van der Waals surface area contributed by atoms with Crippen LogP contribution in [0.5, 0.6) is 0 Å². The summed E-state index contributed by atoms with van der Waals surface area (Å²) < 4.78 is 28.9. The molecule has 0 aliphatic heterocycles. The van der Waals surface area contributed by atoms with Crippen molar-refractivity contribution in [3.8, 4) is 0 Å². The summed E-state index contributed by atoms with van der Waals surface area (Å²) in [4.78, 5) is 0.493. The highest BCUT2D eigenvalue weighted by Crippen LogP contribution is 2.34. The molecule has 0 unspecified atom stereocenters. The normalized spacial score (nSPS) is 12.9. The second-order valence-corrected chi connectivity index (χ2v) is 9.31. The number of rotatable bonds is 9. The first-order chi connectivity index (χ1) is 11.6. The van der Waals surface area contributed by atoms with Crippen LogP contribution < -0.4 is 4.72 Å². The van der Waals surface area contributed by atoms with E-state index in [1.807, 2.05) is 13.0 Å². The molecule has 1 aromatic rings. The van der Waals surface area contributed by atoms with Crippen molar-refractivity contribution in [1.82, 2.24) is 4.72 Å². The fraction of sp³-hybridized carbons (Fsp3) is 0.619. The summed E-state index contributed by atoms with van der Waals surface area (Å²) >= 11 is 0. The van der Waals surface area contributed by atoms with Crippen LogP contribution in [0.25, 0.3) is 0 Å². The van der Waals surface area contributed by atoms with Crippen LogP contribution in [0.3, 0.4) is 0 Å². The number of hydrogen-bond acceptors (Lipinski definition) is 2. The predicted molar refractivity (Wildman–Crippen MR) is 108 cm³/mol. The van der Waals surface area contributed by atoms with E-state index < -0.39 is 10.0 Å². The molecule has 0 saturated heterocycles. The van der Waals surface area contributed by atoms with E-state index in [1.165, 1.54) is 5.56 Å². The van der Waals surface area contributed by atoms with Crippen LogP contribution in [0, 0.1) is 0 Å². The number of unbranched alkanes of at least 4 members (excludes halogenated alkanes) is 1. The van der Waals surface area contributed by atoms with Gasteiger partial charge in [0, 0.05) is 6.54 Å². The highest BCUT2D eigenvalue weighted by molar-refractivity contribution is 7.89. The van der Waals surface area contributed by atoms with E-state index in [1.54, 1.807) is 0 Å².